The Hall–Kier alpha value is -9.42. The summed E-state index contributed by atoms with van der Waals surface area (Å²) in [5.41, 5.74) is 14.7. The molecule has 0 saturated carbocycles. The maximum Gasteiger partial charge on any atom is 0.319 e. The van der Waals surface area contributed by atoms with Gasteiger partial charge in [-0.15, -0.1) is 0 Å². The van der Waals surface area contributed by atoms with Gasteiger partial charge < -0.3 is 49.0 Å². The van der Waals surface area contributed by atoms with Gasteiger partial charge in [0.2, 0.25) is 0 Å². The lowest BCUT2D eigenvalue weighted by atomic mass is 9.89. The first kappa shape index (κ1) is 56.4. The fourth-order valence-electron chi connectivity index (χ4n) is 11.0. The quantitative estimate of drug-likeness (QED) is 0.0590. The molecule has 8 bridgehead atoms. The number of fused-ring (bicyclic) bond motifs is 10. The van der Waals surface area contributed by atoms with Crippen LogP contribution in [0.3, 0.4) is 0 Å². The molecule has 4 amide bonds. The molecule has 0 aliphatic heterocycles. The Bertz CT molecular complexity index is 3510. The highest BCUT2D eigenvalue weighted by Gasteiger charge is 2.24. The van der Waals surface area contributed by atoms with E-state index in [-0.39, 0.29) is 25.2 Å². The Balaban J connectivity index is 0.917. The summed E-state index contributed by atoms with van der Waals surface area (Å²) in [5.74, 6) is 4.82. The van der Waals surface area contributed by atoms with E-state index in [0.717, 1.165) is 149 Å². The molecule has 0 atom stereocenters. The fourth-order valence-corrected chi connectivity index (χ4v) is 11.0. The van der Waals surface area contributed by atoms with Crippen molar-refractivity contribution in [2.75, 3.05) is 37.1 Å². The van der Waals surface area contributed by atoms with Crippen LogP contribution in [0.4, 0.5) is 21.0 Å². The number of benzene rings is 8. The molecule has 10 aromatic rings. The van der Waals surface area contributed by atoms with Crippen LogP contribution in [0.25, 0.3) is 44.6 Å². The zero-order chi connectivity index (χ0) is 57.8. The number of urea groups is 2. The summed E-state index contributed by atoms with van der Waals surface area (Å²) in [5, 5.41) is 14.4. The zero-order valence-corrected chi connectivity index (χ0v) is 48.3. The van der Waals surface area contributed by atoms with Crippen molar-refractivity contribution in [3.63, 3.8) is 0 Å². The summed E-state index contributed by atoms with van der Waals surface area (Å²) in [6, 6.07) is 56.1. The van der Waals surface area contributed by atoms with Crippen molar-refractivity contribution in [1.29, 1.82) is 0 Å². The minimum atomic E-state index is -0.323. The zero-order valence-electron chi connectivity index (χ0n) is 48.3. The van der Waals surface area contributed by atoms with Crippen LogP contribution in [0, 0.1) is 0 Å². The molecule has 12 heteroatoms. The molecule has 0 radical (unpaired) electrons. The Morgan fingerprint density at radius 1 is 0.381 bits per heavy atom. The number of nitrogens with one attached hydrogen (secondary N) is 4. The summed E-state index contributed by atoms with van der Waals surface area (Å²) in [7, 11) is 0. The van der Waals surface area contributed by atoms with E-state index in [1.54, 1.807) is 0 Å². The van der Waals surface area contributed by atoms with E-state index in [0.29, 0.717) is 63.5 Å². The first-order valence-corrected chi connectivity index (χ1v) is 29.5. The molecular weight excluding hydrogens is 1050 g/mol. The van der Waals surface area contributed by atoms with Gasteiger partial charge in [0.1, 0.15) is 45.7 Å². The Labute approximate surface area is 491 Å². The third kappa shape index (κ3) is 13.4. The number of ether oxygens (including phenoxy) is 4. The van der Waals surface area contributed by atoms with E-state index in [1.165, 1.54) is 0 Å². The van der Waals surface area contributed by atoms with Gasteiger partial charge in [-0.2, -0.15) is 0 Å². The van der Waals surface area contributed by atoms with Crippen molar-refractivity contribution in [2.45, 2.75) is 92.2 Å². The van der Waals surface area contributed by atoms with E-state index in [4.69, 9.17) is 27.8 Å². The maximum absolute atomic E-state index is 13.7. The van der Waals surface area contributed by atoms with Crippen LogP contribution >= 0.6 is 0 Å². The summed E-state index contributed by atoms with van der Waals surface area (Å²) in [6.07, 6.45) is 5.30. The predicted octanol–water partition coefficient (Wildman–Crippen LogP) is 17.0. The van der Waals surface area contributed by atoms with Gasteiger partial charge in [-0.05, 0) is 178 Å². The lowest BCUT2D eigenvalue weighted by molar-refractivity contribution is 0.251. The van der Waals surface area contributed by atoms with Gasteiger partial charge in [0.15, 0.2) is 0 Å². The largest absolute Gasteiger partial charge is 0.493 e. The lowest BCUT2D eigenvalue weighted by Gasteiger charge is -2.24. The van der Waals surface area contributed by atoms with Crippen LogP contribution < -0.4 is 40.2 Å². The molecule has 11 rings (SSSR count). The molecule has 2 aromatic heterocycles. The van der Waals surface area contributed by atoms with Gasteiger partial charge in [0.05, 0.1) is 26.4 Å². The van der Waals surface area contributed by atoms with Crippen LogP contribution in [-0.4, -0.2) is 38.5 Å². The number of hydrogen-bond donors (Lipinski definition) is 4. The third-order valence-electron chi connectivity index (χ3n) is 14.9. The molecule has 1 aliphatic carbocycles. The van der Waals surface area contributed by atoms with E-state index < -0.39 is 0 Å². The van der Waals surface area contributed by atoms with Gasteiger partial charge in [-0.25, -0.2) is 9.59 Å². The van der Waals surface area contributed by atoms with Crippen LogP contribution in [0.2, 0.25) is 0 Å². The number of para-hydroxylation sites is 4. The molecule has 428 valence electrons. The summed E-state index contributed by atoms with van der Waals surface area (Å²) < 4.78 is 39.5. The molecule has 8 aromatic carbocycles. The maximum atomic E-state index is 13.7. The van der Waals surface area contributed by atoms with E-state index in [2.05, 4.69) is 110 Å². The van der Waals surface area contributed by atoms with Gasteiger partial charge >= 0.3 is 12.1 Å². The standard InChI is InChI=1S/C72H72N4O8/c1-5-31-79-67-53-17-13-18-54(67)40-58-36-48(46-74-72(78)76-62-29-25-50(26-30-62)66-44-52-16-10-12-22-64(52)84-66)38-60(70(58)82-34-8-4)42-56-20-14-19-55(68(56)80-32-6-2)41-59-37-47(35-57(39-53)69(59)81-33-7-3)45-73-71(77)75-61-27-23-49(24-28-61)65-43-51-15-9-11-21-63(51)83-65/h9-30,35-38,43-44H,5-8,31-34,39-42,45-46H2,1-4H3,(H2,73,75,77)(H2,74,76,78). The summed E-state index contributed by atoms with van der Waals surface area (Å²) in [6.45, 7) is 11.1. The average Bonchev–Trinajstić information content (AvgIpc) is 3.41. The number of carbonyl (C=O) groups excluding carboxylic acids is 2. The van der Waals surface area contributed by atoms with Crippen LogP contribution in [-0.2, 0) is 38.8 Å². The first-order valence-electron chi connectivity index (χ1n) is 29.5. The van der Waals surface area contributed by atoms with Gasteiger partial charge in [-0.3, -0.25) is 0 Å². The molecule has 0 fully saturated rings. The number of hydrogen-bond acceptors (Lipinski definition) is 8. The van der Waals surface area contributed by atoms with Crippen LogP contribution in [0.15, 0.2) is 179 Å². The molecule has 0 saturated heterocycles. The second-order valence-corrected chi connectivity index (χ2v) is 21.5. The Morgan fingerprint density at radius 2 is 0.702 bits per heavy atom. The fraction of sp³-hybridized carbons (Fsp3) is 0.250. The highest BCUT2D eigenvalue weighted by molar-refractivity contribution is 5.91. The Morgan fingerprint density at radius 3 is 1.02 bits per heavy atom. The topological polar surface area (TPSA) is 145 Å². The minimum absolute atomic E-state index is 0.265. The number of amides is 4. The first-order chi connectivity index (χ1) is 41.2. The van der Waals surface area contributed by atoms with Crippen molar-refractivity contribution in [3.05, 3.63) is 225 Å². The number of carbonyl (C=O) groups is 2. The second-order valence-electron chi connectivity index (χ2n) is 21.5. The van der Waals surface area contributed by atoms with Gasteiger partial charge in [0, 0.05) is 72.0 Å². The molecule has 4 N–H and O–H groups in total. The molecular formula is C72H72N4O8. The molecule has 84 heavy (non-hydrogen) atoms. The van der Waals surface area contributed by atoms with Crippen molar-refractivity contribution in [3.8, 4) is 45.6 Å². The molecule has 0 unspecified atom stereocenters. The van der Waals surface area contributed by atoms with Crippen LogP contribution in [0.5, 0.6) is 23.0 Å². The molecule has 0 spiro atoms. The van der Waals surface area contributed by atoms with E-state index in [9.17, 15) is 9.59 Å². The highest BCUT2D eigenvalue weighted by atomic mass is 16.5. The lowest BCUT2D eigenvalue weighted by Crippen LogP contribution is -2.28. The van der Waals surface area contributed by atoms with Crippen molar-refractivity contribution in [1.82, 2.24) is 10.6 Å². The van der Waals surface area contributed by atoms with Crippen LogP contribution in [0.1, 0.15) is 109 Å². The van der Waals surface area contributed by atoms with E-state index >= 15 is 0 Å². The highest BCUT2D eigenvalue weighted by Crippen LogP contribution is 2.41. The molecule has 1 aliphatic rings. The molecule has 2 heterocycles. The van der Waals surface area contributed by atoms with E-state index in [1.807, 2.05) is 109 Å². The molecule has 12 nitrogen and oxygen atoms in total. The average molecular weight is 1120 g/mol. The Kier molecular flexibility index (Phi) is 17.9. The smallest absolute Gasteiger partial charge is 0.319 e. The monoisotopic (exact) mass is 1120 g/mol. The normalized spacial score (nSPS) is 12.0. The number of furan rings is 2. The summed E-state index contributed by atoms with van der Waals surface area (Å²) >= 11 is 0. The van der Waals surface area contributed by atoms with Crippen molar-refractivity contribution in [2.24, 2.45) is 0 Å². The van der Waals surface area contributed by atoms with Gasteiger partial charge in [0.25, 0.3) is 0 Å². The number of rotatable bonds is 20. The predicted molar refractivity (Wildman–Crippen MR) is 335 cm³/mol. The van der Waals surface area contributed by atoms with Gasteiger partial charge in [-0.1, -0.05) is 100 Å². The number of anilines is 2. The third-order valence-corrected chi connectivity index (χ3v) is 14.9. The SMILES string of the molecule is CCCOc1c2cccc1Cc1cc(CNC(=O)Nc3ccc(-c4cc5ccccc5o4)cc3)cc(c1OCCC)Cc1cccc(c1OCCC)Cc1cc(CNC(=O)Nc3ccc(-c4cc5ccccc5o4)cc3)cc(c1OCCC)C2. The minimum Gasteiger partial charge on any atom is -0.493 e. The van der Waals surface area contributed by atoms with Crippen molar-refractivity contribution < 1.29 is 37.4 Å². The second kappa shape index (κ2) is 26.7. The van der Waals surface area contributed by atoms with Crippen molar-refractivity contribution >= 4 is 45.4 Å². The summed E-state index contributed by atoms with van der Waals surface area (Å²) in [4.78, 5) is 27.5.